The Bertz CT molecular complexity index is 1470. The van der Waals surface area contributed by atoms with E-state index in [0.29, 0.717) is 11.5 Å². The SMILES string of the molecule is COc1cc2[nH]c3ncnc(N4CCN(C(=S)Nc5ccc(SN6CCOCC6)cc5)CC4)c3c2cc1OC. The minimum Gasteiger partial charge on any atom is -0.493 e. The van der Waals surface area contributed by atoms with Crippen LogP contribution in [0.15, 0.2) is 47.6 Å². The smallest absolute Gasteiger partial charge is 0.173 e. The van der Waals surface area contributed by atoms with Crippen LogP contribution in [0.25, 0.3) is 21.9 Å². The summed E-state index contributed by atoms with van der Waals surface area (Å²) in [6.45, 7) is 6.66. The average molecular weight is 566 g/mol. The lowest BCUT2D eigenvalue weighted by Crippen LogP contribution is -2.50. The summed E-state index contributed by atoms with van der Waals surface area (Å²) in [5.74, 6) is 2.26. The molecule has 0 saturated carbocycles. The van der Waals surface area contributed by atoms with E-state index >= 15 is 0 Å². The fourth-order valence-electron chi connectivity index (χ4n) is 4.99. The van der Waals surface area contributed by atoms with Crippen molar-refractivity contribution < 1.29 is 14.2 Å². The Labute approximate surface area is 236 Å². The summed E-state index contributed by atoms with van der Waals surface area (Å²) in [5.41, 5.74) is 2.72. The highest BCUT2D eigenvalue weighted by Gasteiger charge is 2.24. The summed E-state index contributed by atoms with van der Waals surface area (Å²) < 4.78 is 18.8. The second-order valence-electron chi connectivity index (χ2n) is 9.36. The molecule has 0 atom stereocenters. The number of rotatable bonds is 6. The van der Waals surface area contributed by atoms with Crippen LogP contribution in [-0.4, -0.2) is 96.0 Å². The Balaban J connectivity index is 1.11. The Morgan fingerprint density at radius 2 is 1.69 bits per heavy atom. The molecule has 2 saturated heterocycles. The van der Waals surface area contributed by atoms with Crippen molar-refractivity contribution in [3.8, 4) is 11.5 Å². The second-order valence-corrected chi connectivity index (χ2v) is 10.9. The van der Waals surface area contributed by atoms with Gasteiger partial charge in [-0.25, -0.2) is 14.3 Å². The van der Waals surface area contributed by atoms with Gasteiger partial charge in [0.15, 0.2) is 16.6 Å². The molecular weight excluding hydrogens is 534 g/mol. The number of fused-ring (bicyclic) bond motifs is 3. The lowest BCUT2D eigenvalue weighted by Gasteiger charge is -2.37. The van der Waals surface area contributed by atoms with Gasteiger partial charge in [-0.1, -0.05) is 0 Å². The second kappa shape index (κ2) is 11.4. The van der Waals surface area contributed by atoms with E-state index in [2.05, 4.69) is 58.6 Å². The highest BCUT2D eigenvalue weighted by molar-refractivity contribution is 7.97. The van der Waals surface area contributed by atoms with Crippen molar-refractivity contribution in [2.75, 3.05) is 76.9 Å². The number of anilines is 2. The number of aromatic nitrogens is 3. The molecule has 204 valence electrons. The molecule has 0 aliphatic carbocycles. The molecule has 0 unspecified atom stereocenters. The molecule has 2 fully saturated rings. The van der Waals surface area contributed by atoms with E-state index < -0.39 is 0 Å². The summed E-state index contributed by atoms with van der Waals surface area (Å²) in [6.07, 6.45) is 1.61. The van der Waals surface area contributed by atoms with Crippen molar-refractivity contribution in [2.45, 2.75) is 4.90 Å². The van der Waals surface area contributed by atoms with Gasteiger partial charge >= 0.3 is 0 Å². The van der Waals surface area contributed by atoms with Crippen LogP contribution in [-0.2, 0) is 4.74 Å². The number of H-pyrrole nitrogens is 1. The van der Waals surface area contributed by atoms with Gasteiger partial charge in [0.1, 0.15) is 17.8 Å². The number of piperazine rings is 1. The summed E-state index contributed by atoms with van der Waals surface area (Å²) in [5, 5.41) is 6.14. The number of thiocarbonyl (C=S) groups is 1. The summed E-state index contributed by atoms with van der Waals surface area (Å²) in [7, 11) is 3.28. The maximum Gasteiger partial charge on any atom is 0.173 e. The lowest BCUT2D eigenvalue weighted by atomic mass is 10.1. The summed E-state index contributed by atoms with van der Waals surface area (Å²) >= 11 is 7.54. The largest absolute Gasteiger partial charge is 0.493 e. The first kappa shape index (κ1) is 25.9. The van der Waals surface area contributed by atoms with Gasteiger partial charge in [0.2, 0.25) is 0 Å². The van der Waals surface area contributed by atoms with Gasteiger partial charge in [0.25, 0.3) is 0 Å². The quantitative estimate of drug-likeness (QED) is 0.263. The third-order valence-electron chi connectivity index (χ3n) is 7.05. The number of nitrogens with one attached hydrogen (secondary N) is 2. The monoisotopic (exact) mass is 565 g/mol. The number of hydrogen-bond acceptors (Lipinski definition) is 9. The van der Waals surface area contributed by atoms with E-state index in [-0.39, 0.29) is 0 Å². The number of ether oxygens (including phenoxy) is 3. The van der Waals surface area contributed by atoms with E-state index in [1.54, 1.807) is 32.5 Å². The van der Waals surface area contributed by atoms with Crippen LogP contribution in [0.1, 0.15) is 0 Å². The molecule has 6 rings (SSSR count). The number of morpholine rings is 1. The van der Waals surface area contributed by atoms with E-state index in [1.165, 1.54) is 4.90 Å². The van der Waals surface area contributed by atoms with Gasteiger partial charge in [0, 0.05) is 61.3 Å². The molecular formula is C27H31N7O3S2. The molecule has 2 aliphatic rings. The van der Waals surface area contributed by atoms with E-state index in [9.17, 15) is 0 Å². The van der Waals surface area contributed by atoms with E-state index in [1.807, 2.05) is 12.1 Å². The fourth-order valence-corrected chi connectivity index (χ4v) is 6.17. The molecule has 10 nitrogen and oxygen atoms in total. The van der Waals surface area contributed by atoms with Crippen LogP contribution in [0.3, 0.4) is 0 Å². The average Bonchev–Trinajstić information content (AvgIpc) is 3.35. The molecule has 39 heavy (non-hydrogen) atoms. The first-order valence-electron chi connectivity index (χ1n) is 12.9. The lowest BCUT2D eigenvalue weighted by molar-refractivity contribution is 0.0773. The predicted octanol–water partition coefficient (Wildman–Crippen LogP) is 3.99. The normalized spacial score (nSPS) is 16.6. The third kappa shape index (κ3) is 5.42. The number of nitrogens with zero attached hydrogens (tertiary/aromatic N) is 5. The highest BCUT2D eigenvalue weighted by atomic mass is 32.2. The molecule has 0 spiro atoms. The van der Waals surface area contributed by atoms with Gasteiger partial charge in [-0.15, -0.1) is 0 Å². The Kier molecular flexibility index (Phi) is 7.60. The van der Waals surface area contributed by atoms with Crippen LogP contribution in [0.2, 0.25) is 0 Å². The van der Waals surface area contributed by atoms with Crippen LogP contribution in [0.5, 0.6) is 11.5 Å². The van der Waals surface area contributed by atoms with Crippen molar-refractivity contribution in [3.05, 3.63) is 42.7 Å². The van der Waals surface area contributed by atoms with Crippen molar-refractivity contribution in [1.29, 1.82) is 0 Å². The predicted molar refractivity (Wildman–Crippen MR) is 159 cm³/mol. The van der Waals surface area contributed by atoms with Gasteiger partial charge in [-0.05, 0) is 54.5 Å². The fraction of sp³-hybridized carbons (Fsp3) is 0.370. The molecule has 4 aromatic rings. The molecule has 4 heterocycles. The summed E-state index contributed by atoms with van der Waals surface area (Å²) in [4.78, 5) is 18.3. The van der Waals surface area contributed by atoms with Crippen molar-refractivity contribution in [3.63, 3.8) is 0 Å². The van der Waals surface area contributed by atoms with Crippen molar-refractivity contribution >= 4 is 62.7 Å². The number of benzene rings is 2. The van der Waals surface area contributed by atoms with E-state index in [0.717, 1.165) is 91.0 Å². The van der Waals surface area contributed by atoms with Gasteiger partial charge in [-0.3, -0.25) is 0 Å². The zero-order chi connectivity index (χ0) is 26.8. The molecule has 2 aromatic carbocycles. The van der Waals surface area contributed by atoms with Gasteiger partial charge in [-0.2, -0.15) is 0 Å². The number of methoxy groups -OCH3 is 2. The molecule has 2 aromatic heterocycles. The molecule has 2 N–H and O–H groups in total. The Hall–Kier alpha value is -3.32. The van der Waals surface area contributed by atoms with Crippen molar-refractivity contribution in [2.24, 2.45) is 0 Å². The molecule has 12 heteroatoms. The third-order valence-corrected chi connectivity index (χ3v) is 8.52. The Morgan fingerprint density at radius 3 is 2.41 bits per heavy atom. The minimum absolute atomic E-state index is 0.672. The summed E-state index contributed by atoms with van der Waals surface area (Å²) in [6, 6.07) is 12.4. The molecule has 2 aliphatic heterocycles. The highest BCUT2D eigenvalue weighted by Crippen LogP contribution is 2.38. The van der Waals surface area contributed by atoms with Crippen LogP contribution in [0.4, 0.5) is 11.5 Å². The first-order chi connectivity index (χ1) is 19.1. The van der Waals surface area contributed by atoms with Crippen LogP contribution < -0.4 is 19.7 Å². The minimum atomic E-state index is 0.672. The maximum atomic E-state index is 5.77. The topological polar surface area (TPSA) is 91.0 Å². The Morgan fingerprint density at radius 1 is 0.974 bits per heavy atom. The number of aromatic amines is 1. The van der Waals surface area contributed by atoms with Gasteiger partial charge < -0.3 is 34.3 Å². The van der Waals surface area contributed by atoms with E-state index in [4.69, 9.17) is 26.4 Å². The molecule has 0 bridgehead atoms. The zero-order valence-electron chi connectivity index (χ0n) is 22.0. The zero-order valence-corrected chi connectivity index (χ0v) is 23.6. The first-order valence-corrected chi connectivity index (χ1v) is 14.1. The molecule has 0 radical (unpaired) electrons. The molecule has 0 amide bonds. The van der Waals surface area contributed by atoms with Crippen LogP contribution >= 0.6 is 24.2 Å². The maximum absolute atomic E-state index is 5.77. The van der Waals surface area contributed by atoms with Crippen molar-refractivity contribution in [1.82, 2.24) is 24.2 Å². The van der Waals surface area contributed by atoms with Gasteiger partial charge in [0.05, 0.1) is 38.3 Å². The van der Waals surface area contributed by atoms with Crippen LogP contribution in [0, 0.1) is 0 Å². The standard InChI is InChI=1S/C27H31N7O3S2/c1-35-22-15-20-21(16-23(22)36-2)31-25-24(20)26(29-17-28-25)32-7-9-33(10-8-32)27(38)30-18-3-5-19(6-4-18)39-34-11-13-37-14-12-34/h3-6,15-17H,7-14H2,1-2H3,(H,30,38)(H,28,29,31). The number of hydrogen-bond donors (Lipinski definition) is 2.